The highest BCUT2D eigenvalue weighted by Crippen LogP contribution is 2.30. The maximum Gasteiger partial charge on any atom is 0.341 e. The maximum absolute atomic E-state index is 12.6. The molecule has 7 heteroatoms. The number of nitroso groups, excluding NO2 is 1. The highest BCUT2D eigenvalue weighted by Gasteiger charge is 2.59. The van der Waals surface area contributed by atoms with E-state index >= 15 is 0 Å². The maximum atomic E-state index is 12.6. The molecule has 122 valence electrons. The molecule has 1 heterocycles. The first-order chi connectivity index (χ1) is 11.0. The molecule has 0 aliphatic carbocycles. The first kappa shape index (κ1) is 16.8. The summed E-state index contributed by atoms with van der Waals surface area (Å²) < 4.78 is 0. The van der Waals surface area contributed by atoms with Crippen LogP contribution in [0.4, 0.5) is 0 Å². The quantitative estimate of drug-likeness (QED) is 0.779. The zero-order valence-electron chi connectivity index (χ0n) is 13.3. The lowest BCUT2D eigenvalue weighted by molar-refractivity contribution is -0.715. The van der Waals surface area contributed by atoms with Gasteiger partial charge in [-0.25, -0.2) is 0 Å². The van der Waals surface area contributed by atoms with Crippen molar-refractivity contribution in [2.45, 2.75) is 45.6 Å². The van der Waals surface area contributed by atoms with Crippen molar-refractivity contribution >= 4 is 17.7 Å². The number of carbonyl (C=O) groups is 3. The Morgan fingerprint density at radius 2 is 1.61 bits per heavy atom. The summed E-state index contributed by atoms with van der Waals surface area (Å²) in [6, 6.07) is 7.21. The van der Waals surface area contributed by atoms with Crippen molar-refractivity contribution < 1.29 is 19.3 Å². The molecule has 0 aromatic heterocycles. The first-order valence-electron chi connectivity index (χ1n) is 7.73. The molecule has 23 heavy (non-hydrogen) atoms. The topological polar surface area (TPSA) is 77.8 Å². The molecule has 0 saturated carbocycles. The zero-order valence-corrected chi connectivity index (χ0v) is 13.3. The van der Waals surface area contributed by atoms with E-state index in [9.17, 15) is 19.3 Å². The van der Waals surface area contributed by atoms with E-state index in [1.807, 2.05) is 0 Å². The van der Waals surface area contributed by atoms with Crippen molar-refractivity contribution in [3.8, 4) is 0 Å². The fourth-order valence-corrected chi connectivity index (χ4v) is 2.49. The Morgan fingerprint density at radius 1 is 1.04 bits per heavy atom. The summed E-state index contributed by atoms with van der Waals surface area (Å²) in [5.74, 6) is -1.78. The minimum atomic E-state index is -1.21. The Labute approximate surface area is 134 Å². The Kier molecular flexibility index (Phi) is 5.20. The molecule has 1 aromatic rings. The predicted octanol–water partition coefficient (Wildman–Crippen LogP) is 2.13. The Hall–Kier alpha value is -2.57. The van der Waals surface area contributed by atoms with E-state index in [4.69, 9.17) is 0 Å². The van der Waals surface area contributed by atoms with Gasteiger partial charge < -0.3 is 0 Å². The van der Waals surface area contributed by atoms with Gasteiger partial charge in [0.2, 0.25) is 0 Å². The number of amides is 3. The molecule has 2 rings (SSSR count). The minimum absolute atomic E-state index is 0.0867. The van der Waals surface area contributed by atoms with Crippen LogP contribution in [0.3, 0.4) is 0 Å². The number of hydrazine groups is 2. The van der Waals surface area contributed by atoms with E-state index in [0.717, 1.165) is 0 Å². The van der Waals surface area contributed by atoms with Gasteiger partial charge >= 0.3 is 17.9 Å². The van der Waals surface area contributed by atoms with Gasteiger partial charge in [0.25, 0.3) is 5.91 Å². The van der Waals surface area contributed by atoms with Crippen molar-refractivity contribution in [2.75, 3.05) is 0 Å². The molecule has 7 nitrogen and oxygen atoms in total. The first-order valence-corrected chi connectivity index (χ1v) is 7.73. The third-order valence-electron chi connectivity index (χ3n) is 3.54. The van der Waals surface area contributed by atoms with Crippen LogP contribution in [0.2, 0.25) is 0 Å². The third kappa shape index (κ3) is 3.13. The lowest BCUT2D eigenvalue weighted by Crippen LogP contribution is -2.48. The fourth-order valence-electron chi connectivity index (χ4n) is 2.49. The lowest BCUT2D eigenvalue weighted by Gasteiger charge is -2.16. The number of nitrogens with zero attached hydrogens (tertiary/aromatic N) is 3. The van der Waals surface area contributed by atoms with Crippen molar-refractivity contribution in [3.05, 3.63) is 40.8 Å². The molecule has 1 aliphatic rings. The molecule has 0 radical (unpaired) electrons. The molecular formula is C16H20N3O4+. The van der Waals surface area contributed by atoms with Crippen LogP contribution in [0.5, 0.6) is 0 Å². The third-order valence-corrected chi connectivity index (χ3v) is 3.54. The van der Waals surface area contributed by atoms with Gasteiger partial charge in [0.05, 0.1) is 4.91 Å². The summed E-state index contributed by atoms with van der Waals surface area (Å²) in [6.07, 6.45) is 1.22. The summed E-state index contributed by atoms with van der Waals surface area (Å²) in [5, 5.41) is 1.35. The summed E-state index contributed by atoms with van der Waals surface area (Å²) in [6.45, 7) is 3.58. The monoisotopic (exact) mass is 318 g/mol. The molecule has 1 aliphatic heterocycles. The van der Waals surface area contributed by atoms with Crippen LogP contribution in [0, 0.1) is 4.91 Å². The van der Waals surface area contributed by atoms with Crippen molar-refractivity contribution in [3.63, 3.8) is 0 Å². The highest BCUT2D eigenvalue weighted by atomic mass is 16.4. The van der Waals surface area contributed by atoms with E-state index < -0.39 is 23.8 Å². The van der Waals surface area contributed by atoms with Gasteiger partial charge in [0, 0.05) is 23.5 Å². The molecule has 1 fully saturated rings. The van der Waals surface area contributed by atoms with Gasteiger partial charge in [0.1, 0.15) is 0 Å². The molecule has 0 bridgehead atoms. The van der Waals surface area contributed by atoms with Crippen LogP contribution in [-0.4, -0.2) is 32.7 Å². The van der Waals surface area contributed by atoms with Gasteiger partial charge in [-0.05, 0) is 12.8 Å². The molecule has 1 aromatic carbocycles. The summed E-state index contributed by atoms with van der Waals surface area (Å²) in [5.41, 5.74) is 0.452. The van der Waals surface area contributed by atoms with Gasteiger partial charge in [-0.15, -0.1) is 5.01 Å². The standard InChI is InChI=1S/C16H20N3O4/c1-3-8-13(20)17-16(22)15(12-10-6-5-7-11-12)19(23)18(17)14(21)9-4-2/h5-7,10-11,15H,3-4,8-9H2,1-2H3/q+1. The zero-order chi connectivity index (χ0) is 17.0. The van der Waals surface area contributed by atoms with Gasteiger partial charge in [-0.1, -0.05) is 44.2 Å². The Morgan fingerprint density at radius 3 is 2.17 bits per heavy atom. The number of rotatable bonds is 5. The average Bonchev–Trinajstić information content (AvgIpc) is 2.79. The van der Waals surface area contributed by atoms with Crippen LogP contribution in [0.25, 0.3) is 0 Å². The van der Waals surface area contributed by atoms with Crippen LogP contribution in [0.1, 0.15) is 51.1 Å². The molecule has 1 unspecified atom stereocenters. The van der Waals surface area contributed by atoms with Gasteiger partial charge in [-0.3, -0.25) is 14.4 Å². The van der Waals surface area contributed by atoms with E-state index in [2.05, 4.69) is 0 Å². The van der Waals surface area contributed by atoms with Crippen molar-refractivity contribution in [1.82, 2.24) is 10.1 Å². The normalized spacial score (nSPS) is 17.7. The van der Waals surface area contributed by atoms with Crippen LogP contribution < -0.4 is 0 Å². The molecule has 1 atom stereocenters. The predicted molar refractivity (Wildman–Crippen MR) is 81.3 cm³/mol. The van der Waals surface area contributed by atoms with Gasteiger partial charge in [-0.2, -0.15) is 0 Å². The second-order valence-corrected chi connectivity index (χ2v) is 5.34. The number of imide groups is 1. The summed E-state index contributed by atoms with van der Waals surface area (Å²) >= 11 is 0. The Bertz CT molecular complexity index is 593. The molecule has 1 saturated heterocycles. The van der Waals surface area contributed by atoms with Crippen LogP contribution in [-0.2, 0) is 14.4 Å². The van der Waals surface area contributed by atoms with E-state index in [0.29, 0.717) is 33.4 Å². The minimum Gasteiger partial charge on any atom is -0.272 e. The SMILES string of the molecule is CCCC(=O)N1C(=O)C(c2ccccc2)[N+](=O)N1C(=O)CCC. The van der Waals surface area contributed by atoms with E-state index in [-0.39, 0.29) is 12.8 Å². The van der Waals surface area contributed by atoms with Crippen molar-refractivity contribution in [2.24, 2.45) is 0 Å². The van der Waals surface area contributed by atoms with E-state index in [1.165, 1.54) is 0 Å². The number of carbonyl (C=O) groups excluding carboxylic acids is 3. The summed E-state index contributed by atoms with van der Waals surface area (Å²) in [4.78, 5) is 50.0. The van der Waals surface area contributed by atoms with Crippen LogP contribution >= 0.6 is 0 Å². The summed E-state index contributed by atoms with van der Waals surface area (Å²) in [7, 11) is 0. The van der Waals surface area contributed by atoms with Gasteiger partial charge in [0.15, 0.2) is 4.87 Å². The second kappa shape index (κ2) is 7.13. The van der Waals surface area contributed by atoms with Crippen LogP contribution in [0.15, 0.2) is 30.3 Å². The van der Waals surface area contributed by atoms with Crippen molar-refractivity contribution in [1.29, 1.82) is 0 Å². The lowest BCUT2D eigenvalue weighted by atomic mass is 10.1. The van der Waals surface area contributed by atoms with E-state index in [1.54, 1.807) is 44.2 Å². The number of benzene rings is 1. The molecular weight excluding hydrogens is 298 g/mol. The number of hydrogen-bond acceptors (Lipinski definition) is 4. The number of hydrogen-bond donors (Lipinski definition) is 0. The molecule has 0 N–H and O–H groups in total. The largest absolute Gasteiger partial charge is 0.341 e. The molecule has 3 amide bonds. The molecule has 0 spiro atoms. The smallest absolute Gasteiger partial charge is 0.272 e. The second-order valence-electron chi connectivity index (χ2n) is 5.34. The highest BCUT2D eigenvalue weighted by molar-refractivity contribution is 6.00. The Balaban J connectivity index is 2.42. The average molecular weight is 318 g/mol. The fraction of sp³-hybridized carbons (Fsp3) is 0.438.